The average Bonchev–Trinajstić information content (AvgIpc) is 2.19. The highest BCUT2D eigenvalue weighted by Crippen LogP contribution is 2.12. The van der Waals surface area contributed by atoms with Gasteiger partial charge in [-0.1, -0.05) is 18.2 Å². The van der Waals surface area contributed by atoms with Crippen molar-refractivity contribution < 1.29 is 4.87 Å². The average molecular weight is 176 g/mol. The molecule has 0 unspecified atom stereocenters. The van der Waals surface area contributed by atoms with Crippen LogP contribution in [0, 0.1) is 4.91 Å². The maximum absolute atomic E-state index is 11.0. The first-order valence-corrected chi connectivity index (χ1v) is 4.08. The molecule has 0 amide bonds. The van der Waals surface area contributed by atoms with Gasteiger partial charge in [-0.2, -0.15) is 0 Å². The second kappa shape index (κ2) is 3.26. The lowest BCUT2D eigenvalue weighted by atomic mass is 10.3. The molecule has 0 aromatic heterocycles. The van der Waals surface area contributed by atoms with Crippen molar-refractivity contribution in [3.8, 4) is 0 Å². The van der Waals surface area contributed by atoms with Crippen molar-refractivity contribution in [1.82, 2.24) is 5.53 Å². The SMILES string of the molecule is O=[N+]1CC=CN(c2ccccc2)N1. The van der Waals surface area contributed by atoms with Gasteiger partial charge in [-0.05, 0) is 17.7 Å². The lowest BCUT2D eigenvalue weighted by Gasteiger charge is -2.17. The predicted octanol–water partition coefficient (Wildman–Crippen LogP) is 1.22. The quantitative estimate of drug-likeness (QED) is 0.653. The molecule has 0 atom stereocenters. The zero-order valence-corrected chi connectivity index (χ0v) is 7.05. The normalized spacial score (nSPS) is 15.7. The van der Waals surface area contributed by atoms with Gasteiger partial charge < -0.3 is 0 Å². The molecule has 1 heterocycles. The van der Waals surface area contributed by atoms with Crippen LogP contribution in [-0.4, -0.2) is 11.4 Å². The molecular weight excluding hydrogens is 166 g/mol. The minimum Gasteiger partial charge on any atom is -0.212 e. The third-order valence-corrected chi connectivity index (χ3v) is 1.78. The molecule has 13 heavy (non-hydrogen) atoms. The molecule has 1 aliphatic rings. The van der Waals surface area contributed by atoms with Crippen LogP contribution in [-0.2, 0) is 0 Å². The van der Waals surface area contributed by atoms with Gasteiger partial charge in [0.2, 0.25) is 6.54 Å². The van der Waals surface area contributed by atoms with Crippen molar-refractivity contribution in [2.45, 2.75) is 0 Å². The summed E-state index contributed by atoms with van der Waals surface area (Å²) in [6.07, 6.45) is 3.64. The van der Waals surface area contributed by atoms with Gasteiger partial charge in [-0.15, -0.1) is 0 Å². The third-order valence-electron chi connectivity index (χ3n) is 1.78. The van der Waals surface area contributed by atoms with E-state index in [-0.39, 0.29) is 0 Å². The van der Waals surface area contributed by atoms with Crippen LogP contribution in [0.5, 0.6) is 0 Å². The number of para-hydroxylation sites is 1. The van der Waals surface area contributed by atoms with Crippen molar-refractivity contribution in [1.29, 1.82) is 0 Å². The summed E-state index contributed by atoms with van der Waals surface area (Å²) >= 11 is 0. The molecule has 2 rings (SSSR count). The summed E-state index contributed by atoms with van der Waals surface area (Å²) in [7, 11) is 0. The standard InChI is InChI=1S/C9H10N3O/c13-12-8-4-7-11(10-12)9-5-2-1-3-6-9/h1-7H,8H2,(H,10,13)/q+1. The van der Waals surface area contributed by atoms with Gasteiger partial charge in [0.1, 0.15) is 4.87 Å². The number of hydrogen-bond donors (Lipinski definition) is 1. The monoisotopic (exact) mass is 176 g/mol. The van der Waals surface area contributed by atoms with Gasteiger partial charge in [-0.25, -0.2) is 5.01 Å². The summed E-state index contributed by atoms with van der Waals surface area (Å²) in [4.78, 5) is 11.7. The fraction of sp³-hybridized carbons (Fsp3) is 0.111. The highest BCUT2D eigenvalue weighted by atomic mass is 16.3. The van der Waals surface area contributed by atoms with Gasteiger partial charge >= 0.3 is 0 Å². The predicted molar refractivity (Wildman–Crippen MR) is 49.7 cm³/mol. The minimum absolute atomic E-state index is 0.378. The first-order chi connectivity index (χ1) is 6.36. The zero-order chi connectivity index (χ0) is 9.10. The Kier molecular flexibility index (Phi) is 1.96. The Morgan fingerprint density at radius 1 is 1.31 bits per heavy atom. The number of anilines is 1. The summed E-state index contributed by atoms with van der Waals surface area (Å²) in [6, 6.07) is 9.64. The van der Waals surface area contributed by atoms with Crippen molar-refractivity contribution in [3.63, 3.8) is 0 Å². The smallest absolute Gasteiger partial charge is 0.212 e. The summed E-state index contributed by atoms with van der Waals surface area (Å²) in [5.74, 6) is 0. The largest absolute Gasteiger partial charge is 0.247 e. The van der Waals surface area contributed by atoms with Crippen LogP contribution in [0.3, 0.4) is 0 Å². The lowest BCUT2D eigenvalue weighted by molar-refractivity contribution is -0.602. The lowest BCUT2D eigenvalue weighted by Crippen LogP contribution is -2.43. The molecule has 1 N–H and O–H groups in total. The molecule has 0 fully saturated rings. The van der Waals surface area contributed by atoms with Crippen LogP contribution in [0.15, 0.2) is 42.6 Å². The molecule has 66 valence electrons. The van der Waals surface area contributed by atoms with E-state index in [0.717, 1.165) is 10.6 Å². The molecule has 4 heteroatoms. The Labute approximate surface area is 76.0 Å². The maximum Gasteiger partial charge on any atom is 0.247 e. The molecular formula is C9H10N3O+. The van der Waals surface area contributed by atoms with E-state index in [2.05, 4.69) is 5.53 Å². The zero-order valence-electron chi connectivity index (χ0n) is 7.05. The molecule has 1 aliphatic heterocycles. The Morgan fingerprint density at radius 3 is 2.77 bits per heavy atom. The van der Waals surface area contributed by atoms with Crippen LogP contribution >= 0.6 is 0 Å². The Morgan fingerprint density at radius 2 is 2.08 bits per heavy atom. The van der Waals surface area contributed by atoms with Gasteiger partial charge in [0, 0.05) is 12.3 Å². The fourth-order valence-electron chi connectivity index (χ4n) is 1.18. The molecule has 0 aliphatic carbocycles. The second-order valence-corrected chi connectivity index (χ2v) is 2.75. The molecule has 0 bridgehead atoms. The van der Waals surface area contributed by atoms with E-state index in [4.69, 9.17) is 0 Å². The van der Waals surface area contributed by atoms with Crippen molar-refractivity contribution in [2.75, 3.05) is 11.6 Å². The number of benzene rings is 1. The Bertz CT molecular complexity index is 334. The van der Waals surface area contributed by atoms with Crippen molar-refractivity contribution >= 4 is 5.69 Å². The van der Waals surface area contributed by atoms with Crippen LogP contribution in [0.1, 0.15) is 0 Å². The number of nitrogens with zero attached hydrogens (tertiary/aromatic N) is 2. The number of hydrazine groups is 2. The molecule has 0 spiro atoms. The number of hydrogen-bond acceptors (Lipinski definition) is 2. The Balaban J connectivity index is 2.22. The van der Waals surface area contributed by atoms with E-state index in [1.165, 1.54) is 0 Å². The maximum atomic E-state index is 11.0. The van der Waals surface area contributed by atoms with Crippen LogP contribution in [0.25, 0.3) is 0 Å². The van der Waals surface area contributed by atoms with Crippen molar-refractivity contribution in [3.05, 3.63) is 47.5 Å². The van der Waals surface area contributed by atoms with Gasteiger partial charge in [0.15, 0.2) is 0 Å². The second-order valence-electron chi connectivity index (χ2n) is 2.75. The molecule has 0 saturated heterocycles. The van der Waals surface area contributed by atoms with E-state index in [1.807, 2.05) is 36.5 Å². The first-order valence-electron chi connectivity index (χ1n) is 4.08. The summed E-state index contributed by atoms with van der Waals surface area (Å²) in [6.45, 7) is 0.378. The number of nitroso groups, excluding NO2 is 1. The summed E-state index contributed by atoms with van der Waals surface area (Å²) in [5.41, 5.74) is 3.60. The highest BCUT2D eigenvalue weighted by molar-refractivity contribution is 5.47. The van der Waals surface area contributed by atoms with E-state index in [1.54, 1.807) is 11.1 Å². The highest BCUT2D eigenvalue weighted by Gasteiger charge is 2.15. The molecule has 1 aromatic rings. The van der Waals surface area contributed by atoms with Gasteiger partial charge in [0.25, 0.3) is 0 Å². The third kappa shape index (κ3) is 1.66. The molecule has 0 saturated carbocycles. The molecule has 4 nitrogen and oxygen atoms in total. The van der Waals surface area contributed by atoms with Gasteiger partial charge in [-0.3, -0.25) is 0 Å². The molecule has 0 radical (unpaired) electrons. The topological polar surface area (TPSA) is 35.4 Å². The fourth-order valence-corrected chi connectivity index (χ4v) is 1.18. The van der Waals surface area contributed by atoms with Crippen LogP contribution in [0.4, 0.5) is 5.69 Å². The van der Waals surface area contributed by atoms with E-state index in [0.29, 0.717) is 6.54 Å². The van der Waals surface area contributed by atoms with Crippen LogP contribution in [0.2, 0.25) is 0 Å². The van der Waals surface area contributed by atoms with Crippen LogP contribution < -0.4 is 10.5 Å². The number of rotatable bonds is 1. The summed E-state index contributed by atoms with van der Waals surface area (Å²) < 4.78 is 0. The van der Waals surface area contributed by atoms with Crippen molar-refractivity contribution in [2.24, 2.45) is 0 Å². The van der Waals surface area contributed by atoms with E-state index < -0.39 is 0 Å². The molecule has 1 aromatic carbocycles. The van der Waals surface area contributed by atoms with E-state index >= 15 is 0 Å². The minimum atomic E-state index is 0.378. The van der Waals surface area contributed by atoms with E-state index in [9.17, 15) is 4.91 Å². The Hall–Kier alpha value is -1.84. The first kappa shape index (κ1) is 7.79. The summed E-state index contributed by atoms with van der Waals surface area (Å²) in [5, 5.41) is 1.68. The van der Waals surface area contributed by atoms with Gasteiger partial charge in [0.05, 0.1) is 10.6 Å². The number of nitrogens with one attached hydrogen (secondary N) is 1.